The van der Waals surface area contributed by atoms with Gasteiger partial charge >= 0.3 is 6.36 Å². The first-order chi connectivity index (χ1) is 7.38. The number of aryl methyl sites for hydroxylation is 3. The fraction of sp³-hybridized carbons (Fsp3) is 0.500. The van der Waals surface area contributed by atoms with Crippen molar-refractivity contribution in [1.82, 2.24) is 0 Å². The van der Waals surface area contributed by atoms with Gasteiger partial charge in [-0.05, 0) is 37.8 Å². The zero-order valence-electron chi connectivity index (χ0n) is 9.40. The first-order valence-electron chi connectivity index (χ1n) is 5.15. The Balaban J connectivity index is 2.38. The maximum Gasteiger partial charge on any atom is 0.522 e. The average Bonchev–Trinajstić information content (AvgIpc) is 2.13. The molecule has 0 aliphatic heterocycles. The van der Waals surface area contributed by atoms with Crippen LogP contribution < -0.4 is 0 Å². The molecular formula is C12H15F3O. The Morgan fingerprint density at radius 3 is 2.44 bits per heavy atom. The van der Waals surface area contributed by atoms with Gasteiger partial charge in [-0.3, -0.25) is 4.74 Å². The van der Waals surface area contributed by atoms with Crippen LogP contribution in [0.1, 0.15) is 23.1 Å². The highest BCUT2D eigenvalue weighted by molar-refractivity contribution is 5.30. The monoisotopic (exact) mass is 232 g/mol. The van der Waals surface area contributed by atoms with Crippen molar-refractivity contribution in [2.45, 2.75) is 33.1 Å². The molecule has 0 radical (unpaired) electrons. The van der Waals surface area contributed by atoms with E-state index in [9.17, 15) is 13.2 Å². The third-order valence-corrected chi connectivity index (χ3v) is 2.35. The number of benzene rings is 1. The van der Waals surface area contributed by atoms with E-state index in [0.717, 1.165) is 16.7 Å². The second-order valence-corrected chi connectivity index (χ2v) is 3.83. The summed E-state index contributed by atoms with van der Waals surface area (Å²) in [5.74, 6) is 0. The van der Waals surface area contributed by atoms with Crippen LogP contribution in [0.3, 0.4) is 0 Å². The van der Waals surface area contributed by atoms with Gasteiger partial charge < -0.3 is 0 Å². The van der Waals surface area contributed by atoms with Gasteiger partial charge in [-0.2, -0.15) is 0 Å². The van der Waals surface area contributed by atoms with E-state index in [2.05, 4.69) is 4.74 Å². The molecule has 0 amide bonds. The quantitative estimate of drug-likeness (QED) is 0.718. The van der Waals surface area contributed by atoms with E-state index in [0.29, 0.717) is 12.8 Å². The summed E-state index contributed by atoms with van der Waals surface area (Å²) in [6.45, 7) is 3.67. The molecule has 0 bridgehead atoms. The minimum absolute atomic E-state index is 0.281. The SMILES string of the molecule is Cc1ccc(CCCOC(F)(F)F)c(C)c1. The van der Waals surface area contributed by atoms with Gasteiger partial charge in [0.25, 0.3) is 0 Å². The van der Waals surface area contributed by atoms with E-state index < -0.39 is 6.36 Å². The molecule has 1 aromatic carbocycles. The van der Waals surface area contributed by atoms with Crippen LogP contribution in [0.2, 0.25) is 0 Å². The van der Waals surface area contributed by atoms with Gasteiger partial charge in [-0.15, -0.1) is 13.2 Å². The highest BCUT2D eigenvalue weighted by Gasteiger charge is 2.28. The van der Waals surface area contributed by atoms with Crippen LogP contribution in [0.15, 0.2) is 18.2 Å². The molecule has 0 spiro atoms. The van der Waals surface area contributed by atoms with E-state index >= 15 is 0 Å². The average molecular weight is 232 g/mol. The fourth-order valence-corrected chi connectivity index (χ4v) is 1.58. The lowest BCUT2D eigenvalue weighted by Gasteiger charge is -2.09. The molecule has 1 aromatic rings. The van der Waals surface area contributed by atoms with Crippen LogP contribution in [0.25, 0.3) is 0 Å². The molecule has 0 aliphatic rings. The number of halogens is 3. The van der Waals surface area contributed by atoms with Crippen LogP contribution in [-0.4, -0.2) is 13.0 Å². The third-order valence-electron chi connectivity index (χ3n) is 2.35. The fourth-order valence-electron chi connectivity index (χ4n) is 1.58. The lowest BCUT2D eigenvalue weighted by Crippen LogP contribution is -2.14. The van der Waals surface area contributed by atoms with E-state index in [-0.39, 0.29) is 6.61 Å². The summed E-state index contributed by atoms with van der Waals surface area (Å²) < 4.78 is 38.8. The summed E-state index contributed by atoms with van der Waals surface area (Å²) in [6.07, 6.45) is -3.52. The molecule has 0 aliphatic carbocycles. The summed E-state index contributed by atoms with van der Waals surface area (Å²) >= 11 is 0. The molecule has 0 fully saturated rings. The van der Waals surface area contributed by atoms with Gasteiger partial charge in [-0.25, -0.2) is 0 Å². The van der Waals surface area contributed by atoms with Gasteiger partial charge in [0.05, 0.1) is 6.61 Å². The van der Waals surface area contributed by atoms with E-state index in [1.165, 1.54) is 0 Å². The van der Waals surface area contributed by atoms with E-state index in [4.69, 9.17) is 0 Å². The molecule has 4 heteroatoms. The zero-order valence-corrected chi connectivity index (χ0v) is 9.40. The Hall–Kier alpha value is -1.03. The Kier molecular flexibility index (Phi) is 4.35. The van der Waals surface area contributed by atoms with Crippen molar-refractivity contribution >= 4 is 0 Å². The number of ether oxygens (including phenoxy) is 1. The van der Waals surface area contributed by atoms with Gasteiger partial charge in [-0.1, -0.05) is 23.8 Å². The van der Waals surface area contributed by atoms with Crippen molar-refractivity contribution in [3.8, 4) is 0 Å². The largest absolute Gasteiger partial charge is 0.522 e. The van der Waals surface area contributed by atoms with Crippen LogP contribution in [0.5, 0.6) is 0 Å². The number of rotatable bonds is 4. The Labute approximate surface area is 93.2 Å². The maximum atomic E-state index is 11.7. The lowest BCUT2D eigenvalue weighted by atomic mass is 10.0. The molecule has 90 valence electrons. The summed E-state index contributed by atoms with van der Waals surface area (Å²) in [6, 6.07) is 5.95. The van der Waals surface area contributed by atoms with Gasteiger partial charge in [0, 0.05) is 0 Å². The normalized spacial score (nSPS) is 11.8. The maximum absolute atomic E-state index is 11.7. The summed E-state index contributed by atoms with van der Waals surface area (Å²) in [4.78, 5) is 0. The standard InChI is InChI=1S/C12H15F3O/c1-9-5-6-11(10(2)8-9)4-3-7-16-12(13,14)15/h5-6,8H,3-4,7H2,1-2H3. The summed E-state index contributed by atoms with van der Waals surface area (Å²) in [5, 5.41) is 0. The molecule has 0 N–H and O–H groups in total. The first-order valence-corrected chi connectivity index (χ1v) is 5.15. The van der Waals surface area contributed by atoms with Crippen LogP contribution >= 0.6 is 0 Å². The van der Waals surface area contributed by atoms with Crippen LogP contribution in [0.4, 0.5) is 13.2 Å². The minimum atomic E-state index is -4.51. The molecule has 1 nitrogen and oxygen atoms in total. The Bertz CT molecular complexity index is 345. The van der Waals surface area contributed by atoms with Gasteiger partial charge in [0.1, 0.15) is 0 Å². The third kappa shape index (κ3) is 4.66. The van der Waals surface area contributed by atoms with Gasteiger partial charge in [0.2, 0.25) is 0 Å². The van der Waals surface area contributed by atoms with Crippen molar-refractivity contribution in [3.05, 3.63) is 34.9 Å². The molecule has 0 unspecified atom stereocenters. The topological polar surface area (TPSA) is 9.23 Å². The molecular weight excluding hydrogens is 217 g/mol. The summed E-state index contributed by atoms with van der Waals surface area (Å²) in [7, 11) is 0. The van der Waals surface area contributed by atoms with Crippen molar-refractivity contribution in [2.75, 3.05) is 6.61 Å². The Morgan fingerprint density at radius 2 is 1.88 bits per heavy atom. The number of hydrogen-bond donors (Lipinski definition) is 0. The van der Waals surface area contributed by atoms with Crippen molar-refractivity contribution in [1.29, 1.82) is 0 Å². The first kappa shape index (κ1) is 13.0. The molecule has 0 saturated carbocycles. The minimum Gasteiger partial charge on any atom is -0.292 e. The smallest absolute Gasteiger partial charge is 0.292 e. The predicted octanol–water partition coefficient (Wildman–Crippen LogP) is 3.77. The van der Waals surface area contributed by atoms with Crippen LogP contribution in [-0.2, 0) is 11.2 Å². The summed E-state index contributed by atoms with van der Waals surface area (Å²) in [5.41, 5.74) is 3.36. The molecule has 0 aromatic heterocycles. The number of alkyl halides is 3. The predicted molar refractivity (Wildman–Crippen MR) is 56.2 cm³/mol. The Morgan fingerprint density at radius 1 is 1.19 bits per heavy atom. The van der Waals surface area contributed by atoms with E-state index in [1.807, 2.05) is 32.0 Å². The van der Waals surface area contributed by atoms with Gasteiger partial charge in [0.15, 0.2) is 0 Å². The highest BCUT2D eigenvalue weighted by atomic mass is 19.4. The number of hydrogen-bond acceptors (Lipinski definition) is 1. The molecule has 0 saturated heterocycles. The molecule has 0 atom stereocenters. The van der Waals surface area contributed by atoms with Crippen molar-refractivity contribution in [2.24, 2.45) is 0 Å². The second-order valence-electron chi connectivity index (χ2n) is 3.83. The zero-order chi connectivity index (χ0) is 12.2. The highest BCUT2D eigenvalue weighted by Crippen LogP contribution is 2.17. The molecule has 1 rings (SSSR count). The second kappa shape index (κ2) is 5.34. The molecule has 16 heavy (non-hydrogen) atoms. The lowest BCUT2D eigenvalue weighted by molar-refractivity contribution is -0.324. The van der Waals surface area contributed by atoms with Crippen LogP contribution in [0, 0.1) is 13.8 Å². The van der Waals surface area contributed by atoms with Crippen molar-refractivity contribution in [3.63, 3.8) is 0 Å². The van der Waals surface area contributed by atoms with Crippen molar-refractivity contribution < 1.29 is 17.9 Å². The molecule has 0 heterocycles. The van der Waals surface area contributed by atoms with E-state index in [1.54, 1.807) is 0 Å².